The zero-order valence-electron chi connectivity index (χ0n) is 19.9. The largest absolute Gasteiger partial charge is 0.383 e. The lowest BCUT2D eigenvalue weighted by atomic mass is 10.1. The fourth-order valence-electron chi connectivity index (χ4n) is 4.64. The fraction of sp³-hybridized carbons (Fsp3) is 0.542. The van der Waals surface area contributed by atoms with E-state index in [1.54, 1.807) is 18.4 Å². The molecule has 1 saturated carbocycles. The number of methoxy groups -OCH3 is 1. The van der Waals surface area contributed by atoms with Gasteiger partial charge < -0.3 is 25.2 Å². The number of rotatable bonds is 7. The van der Waals surface area contributed by atoms with Crippen molar-refractivity contribution < 1.29 is 9.53 Å². The third kappa shape index (κ3) is 4.83. The highest BCUT2D eigenvalue weighted by atomic mass is 32.1. The highest BCUT2D eigenvalue weighted by molar-refractivity contribution is 7.20. The van der Waals surface area contributed by atoms with Crippen molar-refractivity contribution in [1.29, 1.82) is 0 Å². The Morgan fingerprint density at radius 1 is 1.15 bits per heavy atom. The molecule has 1 aliphatic carbocycles. The van der Waals surface area contributed by atoms with Gasteiger partial charge >= 0.3 is 6.03 Å². The summed E-state index contributed by atoms with van der Waals surface area (Å²) in [5, 5.41) is 12.6. The number of anilines is 2. The molecule has 2 aromatic heterocycles. The average molecular weight is 484 g/mol. The third-order valence-corrected chi connectivity index (χ3v) is 7.60. The first-order valence-electron chi connectivity index (χ1n) is 12.1. The molecule has 34 heavy (non-hydrogen) atoms. The number of hydrogen-bond donors (Lipinski definition) is 2. The van der Waals surface area contributed by atoms with Crippen molar-refractivity contribution in [2.45, 2.75) is 38.6 Å². The molecule has 2 N–H and O–H groups in total. The lowest BCUT2D eigenvalue weighted by Crippen LogP contribution is -2.52. The number of urea groups is 1. The van der Waals surface area contributed by atoms with Gasteiger partial charge in [-0.2, -0.15) is 4.52 Å². The van der Waals surface area contributed by atoms with Gasteiger partial charge in [0, 0.05) is 51.4 Å². The second-order valence-corrected chi connectivity index (χ2v) is 10.0. The highest BCUT2D eigenvalue weighted by Crippen LogP contribution is 2.35. The topological polar surface area (TPSA) is 87.0 Å². The van der Waals surface area contributed by atoms with Crippen molar-refractivity contribution in [2.75, 3.05) is 56.7 Å². The molecule has 3 heterocycles. The molecule has 5 rings (SSSR count). The number of carbonyl (C=O) groups is 1. The highest BCUT2D eigenvalue weighted by Gasteiger charge is 2.26. The monoisotopic (exact) mass is 483 g/mol. The predicted molar refractivity (Wildman–Crippen MR) is 136 cm³/mol. The van der Waals surface area contributed by atoms with Gasteiger partial charge in [-0.3, -0.25) is 0 Å². The predicted octanol–water partition coefficient (Wildman–Crippen LogP) is 3.60. The minimum absolute atomic E-state index is 0.0311. The van der Waals surface area contributed by atoms with Crippen LogP contribution in [0.2, 0.25) is 0 Å². The maximum atomic E-state index is 12.3. The van der Waals surface area contributed by atoms with Crippen LogP contribution in [0, 0.1) is 6.92 Å². The second-order valence-electron chi connectivity index (χ2n) is 9.08. The molecular formula is C24H33N7O2S. The van der Waals surface area contributed by atoms with E-state index in [1.807, 2.05) is 9.42 Å². The van der Waals surface area contributed by atoms with Gasteiger partial charge in [-0.05, 0) is 19.8 Å². The average Bonchev–Trinajstić information content (AvgIpc) is 3.58. The number of carbonyl (C=O) groups excluding carboxylic acids is 1. The van der Waals surface area contributed by atoms with E-state index in [9.17, 15) is 4.79 Å². The van der Waals surface area contributed by atoms with Crippen LogP contribution >= 0.6 is 11.3 Å². The number of aromatic nitrogens is 3. The van der Waals surface area contributed by atoms with Gasteiger partial charge in [-0.1, -0.05) is 54.0 Å². The van der Waals surface area contributed by atoms with Crippen molar-refractivity contribution in [3.05, 3.63) is 29.8 Å². The molecule has 9 nitrogen and oxygen atoms in total. The number of nitrogens with zero attached hydrogens (tertiary/aromatic N) is 5. The molecule has 1 saturated heterocycles. The molecule has 1 aliphatic heterocycles. The Morgan fingerprint density at radius 3 is 2.59 bits per heavy atom. The summed E-state index contributed by atoms with van der Waals surface area (Å²) in [6, 6.07) is 8.97. The Balaban J connectivity index is 1.34. The normalized spacial score (nSPS) is 17.0. The van der Waals surface area contributed by atoms with Gasteiger partial charge in [-0.15, -0.1) is 5.10 Å². The zero-order valence-corrected chi connectivity index (χ0v) is 20.7. The molecule has 10 heteroatoms. The lowest BCUT2D eigenvalue weighted by molar-refractivity contribution is 0.177. The summed E-state index contributed by atoms with van der Waals surface area (Å²) in [5.41, 5.74) is 3.32. The van der Waals surface area contributed by atoms with E-state index in [2.05, 4.69) is 46.7 Å². The van der Waals surface area contributed by atoms with E-state index in [0.717, 1.165) is 40.3 Å². The number of aryl methyl sites for hydroxylation is 1. The van der Waals surface area contributed by atoms with Crippen LogP contribution in [0.3, 0.4) is 0 Å². The molecule has 2 amide bonds. The first-order valence-corrected chi connectivity index (χ1v) is 12.9. The minimum atomic E-state index is -0.0311. The van der Waals surface area contributed by atoms with Crippen LogP contribution in [0.1, 0.15) is 31.2 Å². The van der Waals surface area contributed by atoms with Crippen molar-refractivity contribution in [3.63, 3.8) is 0 Å². The number of imidazole rings is 1. The summed E-state index contributed by atoms with van der Waals surface area (Å²) < 4.78 is 6.99. The van der Waals surface area contributed by atoms with E-state index < -0.39 is 0 Å². The second kappa shape index (κ2) is 10.2. The van der Waals surface area contributed by atoms with Gasteiger partial charge in [0.1, 0.15) is 5.69 Å². The molecule has 2 aliphatic rings. The molecule has 1 aromatic carbocycles. The standard InChI is InChI=1S/C24H33N7O2S/c1-17-7-9-18(10-8-17)20-21(26-19-5-3-4-6-19)31-23(27-20)34-24(28-31)30-14-12-29(13-15-30)22(32)25-11-16-33-2/h7-10,19,26H,3-6,11-16H2,1-2H3,(H,25,32). The molecule has 3 aromatic rings. The summed E-state index contributed by atoms with van der Waals surface area (Å²) in [6.07, 6.45) is 4.91. The Labute approximate surface area is 204 Å². The van der Waals surface area contributed by atoms with Crippen molar-refractivity contribution in [3.8, 4) is 11.3 Å². The van der Waals surface area contributed by atoms with Crippen LogP contribution in [0.15, 0.2) is 24.3 Å². The third-order valence-electron chi connectivity index (χ3n) is 6.63. The van der Waals surface area contributed by atoms with Gasteiger partial charge in [0.15, 0.2) is 5.82 Å². The number of nitrogens with one attached hydrogen (secondary N) is 2. The molecule has 0 spiro atoms. The van der Waals surface area contributed by atoms with Crippen LogP contribution in [0.4, 0.5) is 15.7 Å². The first-order chi connectivity index (χ1) is 16.6. The smallest absolute Gasteiger partial charge is 0.317 e. The Bertz CT molecular complexity index is 1110. The van der Waals surface area contributed by atoms with E-state index in [-0.39, 0.29) is 6.03 Å². The van der Waals surface area contributed by atoms with Crippen molar-refractivity contribution >= 4 is 33.3 Å². The molecule has 0 unspecified atom stereocenters. The van der Waals surface area contributed by atoms with Crippen molar-refractivity contribution in [2.24, 2.45) is 0 Å². The van der Waals surface area contributed by atoms with Crippen LogP contribution in [-0.2, 0) is 4.74 Å². The summed E-state index contributed by atoms with van der Waals surface area (Å²) in [7, 11) is 1.63. The maximum Gasteiger partial charge on any atom is 0.317 e. The van der Waals surface area contributed by atoms with Gasteiger partial charge in [0.2, 0.25) is 10.1 Å². The van der Waals surface area contributed by atoms with Crippen LogP contribution in [0.25, 0.3) is 16.2 Å². The minimum Gasteiger partial charge on any atom is -0.383 e. The van der Waals surface area contributed by atoms with E-state index >= 15 is 0 Å². The zero-order chi connectivity index (χ0) is 23.5. The van der Waals surface area contributed by atoms with Gasteiger partial charge in [0.05, 0.1) is 6.61 Å². The van der Waals surface area contributed by atoms with Crippen LogP contribution in [0.5, 0.6) is 0 Å². The summed E-state index contributed by atoms with van der Waals surface area (Å²) >= 11 is 1.61. The number of benzene rings is 1. The van der Waals surface area contributed by atoms with Gasteiger partial charge in [0.25, 0.3) is 0 Å². The Morgan fingerprint density at radius 2 is 1.88 bits per heavy atom. The van der Waals surface area contributed by atoms with Crippen LogP contribution in [-0.4, -0.2) is 78.0 Å². The van der Waals surface area contributed by atoms with Crippen molar-refractivity contribution in [1.82, 2.24) is 24.8 Å². The number of piperazine rings is 1. The Hall–Kier alpha value is -2.85. The maximum absolute atomic E-state index is 12.3. The SMILES string of the molecule is COCCNC(=O)N1CCN(c2nn3c(NC4CCCC4)c(-c4ccc(C)cc4)nc3s2)CC1. The molecular weight excluding hydrogens is 450 g/mol. The Kier molecular flexibility index (Phi) is 6.87. The number of fused-ring (bicyclic) bond motifs is 1. The molecule has 2 fully saturated rings. The molecule has 0 radical (unpaired) electrons. The quantitative estimate of drug-likeness (QED) is 0.500. The first kappa shape index (κ1) is 22.9. The summed E-state index contributed by atoms with van der Waals surface area (Å²) in [5.74, 6) is 0.990. The summed E-state index contributed by atoms with van der Waals surface area (Å²) in [4.78, 5) is 22.3. The molecule has 0 atom stereocenters. The van der Waals surface area contributed by atoms with Gasteiger partial charge in [-0.25, -0.2) is 9.78 Å². The molecule has 182 valence electrons. The number of ether oxygens (including phenoxy) is 1. The number of hydrogen-bond acceptors (Lipinski definition) is 7. The fourth-order valence-corrected chi connectivity index (χ4v) is 5.60. The molecule has 0 bridgehead atoms. The lowest BCUT2D eigenvalue weighted by Gasteiger charge is -2.34. The van der Waals surface area contributed by atoms with E-state index in [0.29, 0.717) is 32.3 Å². The van der Waals surface area contributed by atoms with Crippen LogP contribution < -0.4 is 15.5 Å². The van der Waals surface area contributed by atoms with E-state index in [1.165, 1.54) is 31.2 Å². The number of amides is 2. The summed E-state index contributed by atoms with van der Waals surface area (Å²) in [6.45, 7) is 6.00. The van der Waals surface area contributed by atoms with E-state index in [4.69, 9.17) is 14.8 Å².